The Balaban J connectivity index is 1.64. The number of hydrogen-bond acceptors (Lipinski definition) is 3. The number of fused-ring (bicyclic) bond motifs is 3. The molecule has 1 heterocycles. The van der Waals surface area contributed by atoms with Gasteiger partial charge in [0.2, 0.25) is 0 Å². The molecule has 0 aromatic heterocycles. The van der Waals surface area contributed by atoms with Crippen LogP contribution in [0.2, 0.25) is 0 Å². The third-order valence-corrected chi connectivity index (χ3v) is 9.10. The molecule has 3 aliphatic rings. The minimum atomic E-state index is -0.0361. The fourth-order valence-electron chi connectivity index (χ4n) is 5.13. The zero-order valence-corrected chi connectivity index (χ0v) is 17.5. The first kappa shape index (κ1) is 18.1. The third kappa shape index (κ3) is 3.12. The van der Waals surface area contributed by atoms with Gasteiger partial charge in [-0.3, -0.25) is 0 Å². The van der Waals surface area contributed by atoms with Crippen molar-refractivity contribution in [3.8, 4) is 23.0 Å². The summed E-state index contributed by atoms with van der Waals surface area (Å²) in [5, 5.41) is 0. The van der Waals surface area contributed by atoms with Gasteiger partial charge in [-0.2, -0.15) is 0 Å². The average Bonchev–Trinajstić information content (AvgIpc) is 2.76. The summed E-state index contributed by atoms with van der Waals surface area (Å²) in [7, 11) is 3.38. The SMILES string of the molecule is COc1ccc2c(c1)Oc1cc(OC)ccc1S2=C1CC[C@H]2CCCC[C@H]2C1. The summed E-state index contributed by atoms with van der Waals surface area (Å²) in [6.07, 6.45) is 9.59. The number of rotatable bonds is 2. The minimum Gasteiger partial charge on any atom is -0.497 e. The van der Waals surface area contributed by atoms with Crippen molar-refractivity contribution in [2.45, 2.75) is 54.7 Å². The molecule has 2 fully saturated rings. The molecule has 4 heteroatoms. The summed E-state index contributed by atoms with van der Waals surface area (Å²) in [4.78, 5) is 4.33. The molecule has 0 amide bonds. The van der Waals surface area contributed by atoms with Gasteiger partial charge in [0.15, 0.2) is 0 Å². The number of methoxy groups -OCH3 is 2. The molecule has 5 rings (SSSR count). The topological polar surface area (TPSA) is 27.7 Å². The molecule has 148 valence electrons. The molecule has 0 radical (unpaired) electrons. The highest BCUT2D eigenvalue weighted by molar-refractivity contribution is 8.16. The second kappa shape index (κ2) is 7.47. The quantitative estimate of drug-likeness (QED) is 0.453. The Morgan fingerprint density at radius 1 is 0.821 bits per heavy atom. The highest BCUT2D eigenvalue weighted by Gasteiger charge is 2.33. The van der Waals surface area contributed by atoms with Crippen LogP contribution in [0.4, 0.5) is 0 Å². The van der Waals surface area contributed by atoms with Gasteiger partial charge in [0.1, 0.15) is 23.0 Å². The van der Waals surface area contributed by atoms with E-state index in [1.807, 2.05) is 12.1 Å². The van der Waals surface area contributed by atoms with Crippen molar-refractivity contribution >= 4 is 15.3 Å². The van der Waals surface area contributed by atoms with Crippen LogP contribution in [0.5, 0.6) is 23.0 Å². The molecule has 0 N–H and O–H groups in total. The van der Waals surface area contributed by atoms with Gasteiger partial charge in [-0.25, -0.2) is 0 Å². The monoisotopic (exact) mass is 396 g/mol. The average molecular weight is 397 g/mol. The number of benzene rings is 2. The normalized spacial score (nSPS) is 23.9. The van der Waals surface area contributed by atoms with Crippen molar-refractivity contribution in [3.63, 3.8) is 0 Å². The summed E-state index contributed by atoms with van der Waals surface area (Å²) in [5.41, 5.74) is 0. The lowest BCUT2D eigenvalue weighted by molar-refractivity contribution is 0.219. The van der Waals surface area contributed by atoms with Crippen molar-refractivity contribution in [1.82, 2.24) is 0 Å². The van der Waals surface area contributed by atoms with E-state index >= 15 is 0 Å². The summed E-state index contributed by atoms with van der Waals surface area (Å²) in [5.74, 6) is 5.39. The van der Waals surface area contributed by atoms with E-state index in [0.29, 0.717) is 0 Å². The molecule has 0 saturated heterocycles. The van der Waals surface area contributed by atoms with Crippen LogP contribution in [-0.4, -0.2) is 19.1 Å². The lowest BCUT2D eigenvalue weighted by atomic mass is 9.71. The minimum absolute atomic E-state index is 0.0361. The van der Waals surface area contributed by atoms with E-state index < -0.39 is 0 Å². The van der Waals surface area contributed by atoms with Gasteiger partial charge in [0, 0.05) is 21.9 Å². The van der Waals surface area contributed by atoms with Crippen LogP contribution in [-0.2, 0) is 0 Å². The van der Waals surface area contributed by atoms with Gasteiger partial charge >= 0.3 is 0 Å². The lowest BCUT2D eigenvalue weighted by Gasteiger charge is -2.38. The van der Waals surface area contributed by atoms with E-state index in [-0.39, 0.29) is 10.5 Å². The predicted octanol–water partition coefficient (Wildman–Crippen LogP) is 6.66. The van der Waals surface area contributed by atoms with Gasteiger partial charge in [-0.1, -0.05) is 19.3 Å². The standard InChI is InChI=1S/C24H28O3S/c1-25-18-8-11-23-21(14-18)27-22-15-19(26-2)9-12-24(22)28(23)20-10-7-16-5-3-4-6-17(16)13-20/h8-9,11-12,14-17H,3-7,10,13H2,1-2H3/t16-,17+/m1/s1. The summed E-state index contributed by atoms with van der Waals surface area (Å²) in [6, 6.07) is 12.6. The predicted molar refractivity (Wildman–Crippen MR) is 114 cm³/mol. The van der Waals surface area contributed by atoms with Crippen LogP contribution in [0.3, 0.4) is 0 Å². The van der Waals surface area contributed by atoms with E-state index in [9.17, 15) is 0 Å². The first-order valence-electron chi connectivity index (χ1n) is 10.4. The van der Waals surface area contributed by atoms with E-state index in [1.165, 1.54) is 54.7 Å². The van der Waals surface area contributed by atoms with Crippen LogP contribution >= 0.6 is 10.5 Å². The summed E-state index contributed by atoms with van der Waals surface area (Å²) < 4.78 is 17.2. The highest BCUT2D eigenvalue weighted by Crippen LogP contribution is 2.56. The first-order chi connectivity index (χ1) is 13.8. The molecule has 1 aliphatic heterocycles. The van der Waals surface area contributed by atoms with E-state index in [0.717, 1.165) is 34.8 Å². The Bertz CT molecular complexity index is 878. The van der Waals surface area contributed by atoms with Crippen molar-refractivity contribution in [2.75, 3.05) is 14.2 Å². The van der Waals surface area contributed by atoms with Crippen molar-refractivity contribution in [1.29, 1.82) is 0 Å². The smallest absolute Gasteiger partial charge is 0.144 e. The van der Waals surface area contributed by atoms with E-state index in [4.69, 9.17) is 14.2 Å². The number of hydrogen-bond donors (Lipinski definition) is 0. The van der Waals surface area contributed by atoms with Gasteiger partial charge in [0.25, 0.3) is 0 Å². The second-order valence-corrected chi connectivity index (χ2v) is 10.2. The summed E-state index contributed by atoms with van der Waals surface area (Å²) >= 11 is 0. The van der Waals surface area contributed by atoms with Gasteiger partial charge in [-0.05, 0) is 66.6 Å². The molecular formula is C24H28O3S. The van der Waals surface area contributed by atoms with Crippen LogP contribution < -0.4 is 14.2 Å². The Morgan fingerprint density at radius 2 is 1.43 bits per heavy atom. The van der Waals surface area contributed by atoms with Gasteiger partial charge in [0.05, 0.1) is 14.2 Å². The lowest BCUT2D eigenvalue weighted by Crippen LogP contribution is -2.28. The molecule has 2 atom stereocenters. The molecule has 0 spiro atoms. The Kier molecular flexibility index (Phi) is 4.83. The largest absolute Gasteiger partial charge is 0.497 e. The molecule has 0 bridgehead atoms. The highest BCUT2D eigenvalue weighted by atomic mass is 32.2. The van der Waals surface area contributed by atoms with E-state index in [2.05, 4.69) is 24.3 Å². The van der Waals surface area contributed by atoms with E-state index in [1.54, 1.807) is 19.1 Å². The maximum absolute atomic E-state index is 6.32. The Labute approximate surface area is 169 Å². The Hall–Kier alpha value is -1.94. The zero-order chi connectivity index (χ0) is 19.1. The fraction of sp³-hybridized carbons (Fsp3) is 0.458. The molecule has 3 nitrogen and oxygen atoms in total. The second-order valence-electron chi connectivity index (χ2n) is 8.12. The maximum atomic E-state index is 6.32. The van der Waals surface area contributed by atoms with Crippen LogP contribution in [0.1, 0.15) is 44.9 Å². The molecule has 28 heavy (non-hydrogen) atoms. The zero-order valence-electron chi connectivity index (χ0n) is 16.7. The van der Waals surface area contributed by atoms with Crippen molar-refractivity contribution in [3.05, 3.63) is 36.4 Å². The number of ether oxygens (including phenoxy) is 3. The molecule has 2 aromatic carbocycles. The maximum Gasteiger partial charge on any atom is 0.144 e. The third-order valence-electron chi connectivity index (χ3n) is 6.60. The van der Waals surface area contributed by atoms with Crippen LogP contribution in [0.25, 0.3) is 0 Å². The Morgan fingerprint density at radius 3 is 2.04 bits per heavy atom. The molecule has 2 saturated carbocycles. The first-order valence-corrected chi connectivity index (χ1v) is 11.6. The summed E-state index contributed by atoms with van der Waals surface area (Å²) in [6.45, 7) is 0. The fourth-order valence-corrected chi connectivity index (χ4v) is 7.71. The molecule has 2 aliphatic carbocycles. The molecule has 2 aromatic rings. The van der Waals surface area contributed by atoms with Crippen molar-refractivity contribution < 1.29 is 14.2 Å². The van der Waals surface area contributed by atoms with Crippen molar-refractivity contribution in [2.24, 2.45) is 11.8 Å². The van der Waals surface area contributed by atoms with Gasteiger partial charge in [-0.15, -0.1) is 10.5 Å². The van der Waals surface area contributed by atoms with Crippen LogP contribution in [0.15, 0.2) is 46.2 Å². The molecule has 0 unspecified atom stereocenters. The van der Waals surface area contributed by atoms with Crippen LogP contribution in [0, 0.1) is 11.8 Å². The van der Waals surface area contributed by atoms with Gasteiger partial charge < -0.3 is 14.2 Å². The molecular weight excluding hydrogens is 368 g/mol.